The first-order chi connectivity index (χ1) is 13.5. The minimum absolute atomic E-state index is 0.215. The van der Waals surface area contributed by atoms with Gasteiger partial charge in [-0.15, -0.1) is 11.3 Å². The largest absolute Gasteiger partial charge is 0.366 e. The number of thiophene rings is 1. The quantitative estimate of drug-likeness (QED) is 0.491. The zero-order valence-corrected chi connectivity index (χ0v) is 16.9. The number of nitrogens with zero attached hydrogens (tertiary/aromatic N) is 3. The van der Waals surface area contributed by atoms with E-state index in [0.29, 0.717) is 21.3 Å². The van der Waals surface area contributed by atoms with E-state index in [-0.39, 0.29) is 5.91 Å². The minimum Gasteiger partial charge on any atom is -0.366 e. The van der Waals surface area contributed by atoms with Crippen LogP contribution in [-0.2, 0) is 0 Å². The molecule has 3 heterocycles. The molecule has 0 saturated carbocycles. The SMILES string of the molecule is CSc1nc(N2CCCC2)c2cc(C(=O)Nc3ccc(C(N)=O)cc3)sc2n1. The van der Waals surface area contributed by atoms with E-state index in [1.165, 1.54) is 23.1 Å². The average Bonchev–Trinajstić information content (AvgIpc) is 3.37. The van der Waals surface area contributed by atoms with Gasteiger partial charge >= 0.3 is 0 Å². The maximum Gasteiger partial charge on any atom is 0.265 e. The minimum atomic E-state index is -0.500. The third-order valence-corrected chi connectivity index (χ3v) is 6.17. The van der Waals surface area contributed by atoms with Gasteiger partial charge in [-0.25, -0.2) is 9.97 Å². The van der Waals surface area contributed by atoms with E-state index in [9.17, 15) is 9.59 Å². The van der Waals surface area contributed by atoms with Gasteiger partial charge in [-0.1, -0.05) is 11.8 Å². The molecule has 1 saturated heterocycles. The molecule has 2 amide bonds. The molecule has 4 rings (SSSR count). The van der Waals surface area contributed by atoms with Crippen molar-refractivity contribution in [1.29, 1.82) is 0 Å². The van der Waals surface area contributed by atoms with Crippen molar-refractivity contribution < 1.29 is 9.59 Å². The Kier molecular flexibility index (Phi) is 5.19. The Bertz CT molecular complexity index is 1040. The monoisotopic (exact) mass is 413 g/mol. The van der Waals surface area contributed by atoms with Gasteiger partial charge in [0.25, 0.3) is 5.91 Å². The van der Waals surface area contributed by atoms with Crippen molar-refractivity contribution in [3.8, 4) is 0 Å². The van der Waals surface area contributed by atoms with Crippen LogP contribution in [0.15, 0.2) is 35.5 Å². The van der Waals surface area contributed by atoms with Gasteiger partial charge in [0.1, 0.15) is 10.6 Å². The number of rotatable bonds is 5. The molecule has 0 bridgehead atoms. The number of hydrogen-bond acceptors (Lipinski definition) is 7. The summed E-state index contributed by atoms with van der Waals surface area (Å²) < 4.78 is 0. The number of benzene rings is 1. The van der Waals surface area contributed by atoms with Gasteiger partial charge in [-0.2, -0.15) is 0 Å². The van der Waals surface area contributed by atoms with Crippen molar-refractivity contribution in [2.24, 2.45) is 5.73 Å². The van der Waals surface area contributed by atoms with Crippen molar-refractivity contribution in [2.75, 3.05) is 29.6 Å². The standard InChI is InChI=1S/C19H19N5O2S2/c1-27-19-22-16(24-8-2-3-9-24)13-10-14(28-18(13)23-19)17(26)21-12-6-4-11(5-7-12)15(20)25/h4-7,10H,2-3,8-9H2,1H3,(H2,20,25)(H,21,26). The Morgan fingerprint density at radius 1 is 1.18 bits per heavy atom. The van der Waals surface area contributed by atoms with Crippen molar-refractivity contribution in [1.82, 2.24) is 9.97 Å². The van der Waals surface area contributed by atoms with E-state index in [0.717, 1.165) is 42.0 Å². The van der Waals surface area contributed by atoms with E-state index in [4.69, 9.17) is 10.7 Å². The molecule has 3 N–H and O–H groups in total. The third-order valence-electron chi connectivity index (χ3n) is 4.59. The van der Waals surface area contributed by atoms with Crippen LogP contribution in [0, 0.1) is 0 Å². The fraction of sp³-hybridized carbons (Fsp3) is 0.263. The fourth-order valence-corrected chi connectivity index (χ4v) is 4.51. The molecule has 3 aromatic rings. The van der Waals surface area contributed by atoms with Crippen molar-refractivity contribution in [3.05, 3.63) is 40.8 Å². The summed E-state index contributed by atoms with van der Waals surface area (Å²) >= 11 is 2.86. The fourth-order valence-electron chi connectivity index (χ4n) is 3.17. The number of carbonyl (C=O) groups is 2. The lowest BCUT2D eigenvalue weighted by Gasteiger charge is -2.17. The zero-order valence-electron chi connectivity index (χ0n) is 15.3. The summed E-state index contributed by atoms with van der Waals surface area (Å²) in [6, 6.07) is 8.36. The number of primary amides is 1. The number of nitrogens with one attached hydrogen (secondary N) is 1. The third kappa shape index (κ3) is 3.67. The van der Waals surface area contributed by atoms with Crippen LogP contribution < -0.4 is 16.0 Å². The molecule has 0 atom stereocenters. The molecule has 1 aliphatic heterocycles. The maximum atomic E-state index is 12.7. The van der Waals surface area contributed by atoms with Crippen LogP contribution in [0.3, 0.4) is 0 Å². The average molecular weight is 414 g/mol. The second kappa shape index (κ2) is 7.76. The Labute approximate surface area is 170 Å². The summed E-state index contributed by atoms with van der Waals surface area (Å²) in [4.78, 5) is 36.8. The summed E-state index contributed by atoms with van der Waals surface area (Å²) in [6.07, 6.45) is 4.25. The van der Waals surface area contributed by atoms with Crippen LogP contribution in [0.1, 0.15) is 32.9 Å². The number of anilines is 2. The molecule has 0 unspecified atom stereocenters. The molecule has 28 heavy (non-hydrogen) atoms. The van der Waals surface area contributed by atoms with Crippen LogP contribution in [-0.4, -0.2) is 41.1 Å². The van der Waals surface area contributed by atoms with Gasteiger partial charge in [0.2, 0.25) is 5.91 Å². The molecule has 0 spiro atoms. The Balaban J connectivity index is 1.64. The molecule has 144 valence electrons. The van der Waals surface area contributed by atoms with E-state index in [2.05, 4.69) is 15.2 Å². The van der Waals surface area contributed by atoms with Crippen molar-refractivity contribution >= 4 is 56.6 Å². The lowest BCUT2D eigenvalue weighted by atomic mass is 10.2. The first-order valence-corrected chi connectivity index (χ1v) is 10.9. The number of hydrogen-bond donors (Lipinski definition) is 2. The van der Waals surface area contributed by atoms with Crippen LogP contribution in [0.5, 0.6) is 0 Å². The highest BCUT2D eigenvalue weighted by atomic mass is 32.2. The molecular formula is C19H19N5O2S2. The highest BCUT2D eigenvalue weighted by Crippen LogP contribution is 2.34. The van der Waals surface area contributed by atoms with Crippen LogP contribution in [0.2, 0.25) is 0 Å². The topological polar surface area (TPSA) is 101 Å². The Morgan fingerprint density at radius 2 is 1.89 bits per heavy atom. The van der Waals surface area contributed by atoms with Gasteiger partial charge < -0.3 is 16.0 Å². The van der Waals surface area contributed by atoms with Gasteiger partial charge in [0, 0.05) is 24.3 Å². The smallest absolute Gasteiger partial charge is 0.265 e. The van der Waals surface area contributed by atoms with E-state index in [1.54, 1.807) is 24.3 Å². The highest BCUT2D eigenvalue weighted by Gasteiger charge is 2.21. The lowest BCUT2D eigenvalue weighted by Crippen LogP contribution is -2.19. The van der Waals surface area contributed by atoms with Crippen molar-refractivity contribution in [3.63, 3.8) is 0 Å². The Hall–Kier alpha value is -2.65. The second-order valence-corrected chi connectivity index (χ2v) is 8.26. The summed E-state index contributed by atoms with van der Waals surface area (Å²) in [6.45, 7) is 1.95. The van der Waals surface area contributed by atoms with E-state index in [1.807, 2.05) is 12.3 Å². The first-order valence-electron chi connectivity index (χ1n) is 8.87. The predicted molar refractivity (Wildman–Crippen MR) is 114 cm³/mol. The van der Waals surface area contributed by atoms with Gasteiger partial charge in [-0.3, -0.25) is 9.59 Å². The maximum absolute atomic E-state index is 12.7. The summed E-state index contributed by atoms with van der Waals surface area (Å²) in [5.41, 5.74) is 6.24. The zero-order chi connectivity index (χ0) is 19.7. The molecule has 0 aliphatic carbocycles. The van der Waals surface area contributed by atoms with Gasteiger partial charge in [0.15, 0.2) is 5.16 Å². The number of fused-ring (bicyclic) bond motifs is 1. The lowest BCUT2D eigenvalue weighted by molar-refractivity contribution is 0.0998. The number of aromatic nitrogens is 2. The highest BCUT2D eigenvalue weighted by molar-refractivity contribution is 7.98. The van der Waals surface area contributed by atoms with Gasteiger partial charge in [-0.05, 0) is 49.4 Å². The number of thioether (sulfide) groups is 1. The summed E-state index contributed by atoms with van der Waals surface area (Å²) in [5.74, 6) is 0.195. The van der Waals surface area contributed by atoms with E-state index >= 15 is 0 Å². The van der Waals surface area contributed by atoms with Crippen LogP contribution >= 0.6 is 23.1 Å². The number of amides is 2. The number of carbonyl (C=O) groups excluding carboxylic acids is 2. The molecule has 1 fully saturated rings. The summed E-state index contributed by atoms with van der Waals surface area (Å²) in [5, 5.41) is 4.48. The van der Waals surface area contributed by atoms with Crippen LogP contribution in [0.4, 0.5) is 11.5 Å². The molecule has 2 aromatic heterocycles. The van der Waals surface area contributed by atoms with Crippen molar-refractivity contribution in [2.45, 2.75) is 18.0 Å². The normalized spacial score (nSPS) is 13.8. The molecule has 9 heteroatoms. The molecule has 7 nitrogen and oxygen atoms in total. The van der Waals surface area contributed by atoms with Crippen LogP contribution in [0.25, 0.3) is 10.2 Å². The molecule has 0 radical (unpaired) electrons. The number of nitrogens with two attached hydrogens (primary N) is 1. The summed E-state index contributed by atoms with van der Waals surface area (Å²) in [7, 11) is 0. The molecule has 1 aromatic carbocycles. The van der Waals surface area contributed by atoms with E-state index < -0.39 is 5.91 Å². The second-order valence-electron chi connectivity index (χ2n) is 6.45. The van der Waals surface area contributed by atoms with Gasteiger partial charge in [0.05, 0.1) is 10.3 Å². The predicted octanol–water partition coefficient (Wildman–Crippen LogP) is 3.36. The molecular weight excluding hydrogens is 394 g/mol. The molecule has 1 aliphatic rings. The first kappa shape index (κ1) is 18.7. The Morgan fingerprint density at radius 3 is 2.54 bits per heavy atom.